The lowest BCUT2D eigenvalue weighted by molar-refractivity contribution is -0.145. The summed E-state index contributed by atoms with van der Waals surface area (Å²) in [6, 6.07) is 10.2. The molecule has 18 heavy (non-hydrogen) atoms. The smallest absolute Gasteiger partial charge is 0.217 e. The second-order valence-corrected chi connectivity index (χ2v) is 4.75. The van der Waals surface area contributed by atoms with E-state index in [1.165, 1.54) is 6.07 Å². The SMILES string of the molecule is FC(F)(F)c1nc(Cl)cc(Sc2ccccc2)n1. The zero-order valence-corrected chi connectivity index (χ0v) is 10.4. The molecule has 7 heteroatoms. The molecule has 0 unspecified atom stereocenters. The molecule has 0 aliphatic rings. The molecule has 2 rings (SSSR count). The first kappa shape index (κ1) is 13.2. The van der Waals surface area contributed by atoms with Crippen LogP contribution in [0.1, 0.15) is 5.82 Å². The van der Waals surface area contributed by atoms with Crippen LogP contribution in [0.4, 0.5) is 13.2 Å². The Hall–Kier alpha value is -1.27. The third-order valence-electron chi connectivity index (χ3n) is 1.89. The maximum Gasteiger partial charge on any atom is 0.451 e. The Labute approximate surface area is 110 Å². The summed E-state index contributed by atoms with van der Waals surface area (Å²) < 4.78 is 37.5. The van der Waals surface area contributed by atoms with Gasteiger partial charge < -0.3 is 0 Å². The lowest BCUT2D eigenvalue weighted by Crippen LogP contribution is -2.11. The maximum absolute atomic E-state index is 12.5. The highest BCUT2D eigenvalue weighted by Crippen LogP contribution is 2.32. The average Bonchev–Trinajstić information content (AvgIpc) is 2.28. The molecule has 0 aliphatic carbocycles. The Kier molecular flexibility index (Phi) is 3.77. The number of alkyl halides is 3. The fraction of sp³-hybridized carbons (Fsp3) is 0.0909. The molecule has 2 aromatic rings. The van der Waals surface area contributed by atoms with Gasteiger partial charge >= 0.3 is 6.18 Å². The first-order valence-electron chi connectivity index (χ1n) is 4.80. The molecule has 2 nitrogen and oxygen atoms in total. The van der Waals surface area contributed by atoms with E-state index in [1.807, 2.05) is 6.07 Å². The van der Waals surface area contributed by atoms with Gasteiger partial charge in [0.25, 0.3) is 0 Å². The third kappa shape index (κ3) is 3.36. The van der Waals surface area contributed by atoms with Crippen LogP contribution in [0.2, 0.25) is 5.15 Å². The largest absolute Gasteiger partial charge is 0.451 e. The van der Waals surface area contributed by atoms with Gasteiger partial charge in [0, 0.05) is 11.0 Å². The van der Waals surface area contributed by atoms with Crippen molar-refractivity contribution in [3.8, 4) is 0 Å². The normalized spacial score (nSPS) is 11.6. The topological polar surface area (TPSA) is 25.8 Å². The van der Waals surface area contributed by atoms with Crippen molar-refractivity contribution in [1.82, 2.24) is 9.97 Å². The van der Waals surface area contributed by atoms with Crippen LogP contribution in [0.15, 0.2) is 46.3 Å². The van der Waals surface area contributed by atoms with Crippen molar-refractivity contribution in [1.29, 1.82) is 0 Å². The van der Waals surface area contributed by atoms with E-state index >= 15 is 0 Å². The van der Waals surface area contributed by atoms with Gasteiger partial charge in [-0.15, -0.1) is 0 Å². The van der Waals surface area contributed by atoms with E-state index in [4.69, 9.17) is 11.6 Å². The summed E-state index contributed by atoms with van der Waals surface area (Å²) in [7, 11) is 0. The van der Waals surface area contributed by atoms with Crippen molar-refractivity contribution < 1.29 is 13.2 Å². The summed E-state index contributed by atoms with van der Waals surface area (Å²) in [6.45, 7) is 0. The van der Waals surface area contributed by atoms with Crippen molar-refractivity contribution in [2.75, 3.05) is 0 Å². The molecule has 0 saturated carbocycles. The minimum Gasteiger partial charge on any atom is -0.217 e. The summed E-state index contributed by atoms with van der Waals surface area (Å²) in [4.78, 5) is 7.38. The van der Waals surface area contributed by atoms with E-state index in [0.29, 0.717) is 0 Å². The van der Waals surface area contributed by atoms with Gasteiger partial charge in [-0.3, -0.25) is 0 Å². The minimum atomic E-state index is -4.60. The number of aromatic nitrogens is 2. The monoisotopic (exact) mass is 290 g/mol. The van der Waals surface area contributed by atoms with Crippen LogP contribution in [0.25, 0.3) is 0 Å². The van der Waals surface area contributed by atoms with E-state index in [1.54, 1.807) is 24.3 Å². The number of nitrogens with zero attached hydrogens (tertiary/aromatic N) is 2. The Morgan fingerprint density at radius 2 is 1.72 bits per heavy atom. The van der Waals surface area contributed by atoms with E-state index in [9.17, 15) is 13.2 Å². The summed E-state index contributed by atoms with van der Waals surface area (Å²) in [5.41, 5.74) is 0. The summed E-state index contributed by atoms with van der Waals surface area (Å²) in [5, 5.41) is -0.0655. The molecule has 1 heterocycles. The van der Waals surface area contributed by atoms with Gasteiger partial charge in [0.05, 0.1) is 0 Å². The maximum atomic E-state index is 12.5. The van der Waals surface area contributed by atoms with Crippen LogP contribution >= 0.6 is 23.4 Å². The van der Waals surface area contributed by atoms with Crippen LogP contribution in [-0.2, 0) is 6.18 Å². The van der Waals surface area contributed by atoms with Gasteiger partial charge in [-0.25, -0.2) is 9.97 Å². The Bertz CT molecular complexity index is 546. The Morgan fingerprint density at radius 1 is 1.06 bits per heavy atom. The fourth-order valence-corrected chi connectivity index (χ4v) is 2.27. The lowest BCUT2D eigenvalue weighted by atomic mass is 10.4. The van der Waals surface area contributed by atoms with Gasteiger partial charge in [-0.1, -0.05) is 41.6 Å². The van der Waals surface area contributed by atoms with E-state index in [-0.39, 0.29) is 10.2 Å². The third-order valence-corrected chi connectivity index (χ3v) is 3.01. The molecule has 0 aliphatic heterocycles. The highest BCUT2D eigenvalue weighted by molar-refractivity contribution is 7.99. The van der Waals surface area contributed by atoms with Crippen molar-refractivity contribution in [3.63, 3.8) is 0 Å². The molecular formula is C11H6ClF3N2S. The molecule has 0 radical (unpaired) electrons. The molecule has 0 N–H and O–H groups in total. The predicted molar refractivity (Wildman–Crippen MR) is 62.6 cm³/mol. The first-order chi connectivity index (χ1) is 8.45. The molecule has 1 aromatic heterocycles. The van der Waals surface area contributed by atoms with Crippen LogP contribution in [-0.4, -0.2) is 9.97 Å². The number of rotatable bonds is 2. The number of halogens is 4. The predicted octanol–water partition coefficient (Wildman–Crippen LogP) is 4.30. The lowest BCUT2D eigenvalue weighted by Gasteiger charge is -2.07. The summed E-state index contributed by atoms with van der Waals surface area (Å²) >= 11 is 6.65. The van der Waals surface area contributed by atoms with Crippen molar-refractivity contribution in [2.24, 2.45) is 0 Å². The Balaban J connectivity index is 2.32. The van der Waals surface area contributed by atoms with Gasteiger partial charge in [0.1, 0.15) is 10.2 Å². The molecule has 0 saturated heterocycles. The second kappa shape index (κ2) is 5.16. The van der Waals surface area contributed by atoms with Crippen molar-refractivity contribution >= 4 is 23.4 Å². The van der Waals surface area contributed by atoms with Crippen LogP contribution < -0.4 is 0 Å². The minimum absolute atomic E-state index is 0.161. The average molecular weight is 291 g/mol. The quantitative estimate of drug-likeness (QED) is 0.771. The molecule has 0 amide bonds. The zero-order valence-electron chi connectivity index (χ0n) is 8.78. The number of hydrogen-bond acceptors (Lipinski definition) is 3. The van der Waals surface area contributed by atoms with E-state index in [2.05, 4.69) is 9.97 Å². The molecule has 0 atom stereocenters. The molecule has 0 fully saturated rings. The van der Waals surface area contributed by atoms with Crippen molar-refractivity contribution in [2.45, 2.75) is 16.1 Å². The molecule has 94 valence electrons. The number of hydrogen-bond donors (Lipinski definition) is 0. The van der Waals surface area contributed by atoms with E-state index in [0.717, 1.165) is 16.7 Å². The van der Waals surface area contributed by atoms with Gasteiger partial charge in [0.15, 0.2) is 0 Å². The standard InChI is InChI=1S/C11H6ClF3N2S/c12-8-6-9(17-10(16-8)11(13,14)15)18-7-4-2-1-3-5-7/h1-6H. The van der Waals surface area contributed by atoms with Crippen LogP contribution in [0.3, 0.4) is 0 Å². The van der Waals surface area contributed by atoms with Gasteiger partial charge in [0.2, 0.25) is 5.82 Å². The number of benzene rings is 1. The van der Waals surface area contributed by atoms with Gasteiger partial charge in [-0.05, 0) is 12.1 Å². The second-order valence-electron chi connectivity index (χ2n) is 3.27. The van der Waals surface area contributed by atoms with Gasteiger partial charge in [-0.2, -0.15) is 13.2 Å². The summed E-state index contributed by atoms with van der Waals surface area (Å²) in [6.07, 6.45) is -4.60. The molecule has 0 spiro atoms. The first-order valence-corrected chi connectivity index (χ1v) is 5.99. The Morgan fingerprint density at radius 3 is 2.33 bits per heavy atom. The highest BCUT2D eigenvalue weighted by atomic mass is 35.5. The molecular weight excluding hydrogens is 285 g/mol. The molecule has 0 bridgehead atoms. The highest BCUT2D eigenvalue weighted by Gasteiger charge is 2.35. The fourth-order valence-electron chi connectivity index (χ4n) is 1.19. The van der Waals surface area contributed by atoms with E-state index < -0.39 is 12.0 Å². The summed E-state index contributed by atoms with van der Waals surface area (Å²) in [5.74, 6) is -1.23. The molecule has 1 aromatic carbocycles. The zero-order chi connectivity index (χ0) is 13.2. The van der Waals surface area contributed by atoms with Crippen LogP contribution in [0.5, 0.6) is 0 Å². The van der Waals surface area contributed by atoms with Crippen molar-refractivity contribution in [3.05, 3.63) is 47.4 Å². The van der Waals surface area contributed by atoms with Crippen LogP contribution in [0, 0.1) is 0 Å².